The van der Waals surface area contributed by atoms with E-state index in [0.717, 1.165) is 0 Å². The predicted molar refractivity (Wildman–Crippen MR) is 80.7 cm³/mol. The van der Waals surface area contributed by atoms with Crippen molar-refractivity contribution in [2.45, 2.75) is 0 Å². The molecule has 6 heteroatoms. The van der Waals surface area contributed by atoms with Gasteiger partial charge in [0.15, 0.2) is 0 Å². The summed E-state index contributed by atoms with van der Waals surface area (Å²) in [5.41, 5.74) is 1.48. The number of aliphatic hydroxyl groups is 1. The Labute approximate surface area is 128 Å². The first kappa shape index (κ1) is 15.6. The number of terminal acetylenes is 1. The van der Waals surface area contributed by atoms with Gasteiger partial charge in [0.05, 0.1) is 31.5 Å². The van der Waals surface area contributed by atoms with Crippen molar-refractivity contribution >= 4 is 17.6 Å². The van der Waals surface area contributed by atoms with Crippen LogP contribution < -0.4 is 5.32 Å². The molecule has 0 bridgehead atoms. The average Bonchev–Trinajstić information content (AvgIpc) is 2.84. The van der Waals surface area contributed by atoms with Crippen LogP contribution in [0.1, 0.15) is 5.56 Å². The van der Waals surface area contributed by atoms with Crippen LogP contribution in [-0.2, 0) is 14.3 Å². The molecular formula is C16H16N2O4. The molecule has 0 radical (unpaired) electrons. The summed E-state index contributed by atoms with van der Waals surface area (Å²) in [6, 6.07) is 7.00. The number of rotatable bonds is 5. The third kappa shape index (κ3) is 2.95. The smallest absolute Gasteiger partial charge is 0.337 e. The molecule has 0 atom stereocenters. The lowest BCUT2D eigenvalue weighted by Crippen LogP contribution is -2.31. The van der Waals surface area contributed by atoms with Crippen molar-refractivity contribution in [1.82, 2.24) is 4.90 Å². The number of ether oxygens (including phenoxy) is 1. The molecule has 0 spiro atoms. The van der Waals surface area contributed by atoms with Gasteiger partial charge >= 0.3 is 5.97 Å². The summed E-state index contributed by atoms with van der Waals surface area (Å²) >= 11 is 0. The molecule has 1 aromatic rings. The van der Waals surface area contributed by atoms with E-state index in [1.54, 1.807) is 24.3 Å². The molecule has 2 rings (SSSR count). The molecular weight excluding hydrogens is 284 g/mol. The van der Waals surface area contributed by atoms with Gasteiger partial charge in [-0.15, -0.1) is 6.42 Å². The van der Waals surface area contributed by atoms with Crippen LogP contribution in [0.3, 0.4) is 0 Å². The highest BCUT2D eigenvalue weighted by molar-refractivity contribution is 6.08. The van der Waals surface area contributed by atoms with E-state index in [9.17, 15) is 9.59 Å². The summed E-state index contributed by atoms with van der Waals surface area (Å²) in [5.74, 6) is 1.55. The van der Waals surface area contributed by atoms with Crippen LogP contribution in [-0.4, -0.2) is 48.7 Å². The van der Waals surface area contributed by atoms with E-state index in [0.29, 0.717) is 11.3 Å². The van der Waals surface area contributed by atoms with Crippen molar-refractivity contribution in [3.63, 3.8) is 0 Å². The van der Waals surface area contributed by atoms with Gasteiger partial charge in [-0.1, -0.05) is 18.1 Å². The Balaban J connectivity index is 2.37. The second-order valence-corrected chi connectivity index (χ2v) is 4.61. The van der Waals surface area contributed by atoms with Crippen molar-refractivity contribution in [1.29, 1.82) is 0 Å². The van der Waals surface area contributed by atoms with E-state index >= 15 is 0 Å². The minimum Gasteiger partial charge on any atom is -0.466 e. The number of para-hydroxylation sites is 1. The molecule has 1 aromatic carbocycles. The molecule has 0 fully saturated rings. The van der Waals surface area contributed by atoms with Crippen LogP contribution >= 0.6 is 0 Å². The monoisotopic (exact) mass is 300 g/mol. The minimum atomic E-state index is -0.588. The first-order valence-corrected chi connectivity index (χ1v) is 6.66. The van der Waals surface area contributed by atoms with Crippen molar-refractivity contribution in [3.05, 3.63) is 41.1 Å². The van der Waals surface area contributed by atoms with Gasteiger partial charge in [0.2, 0.25) is 0 Å². The number of amides is 1. The second-order valence-electron chi connectivity index (χ2n) is 4.61. The van der Waals surface area contributed by atoms with Gasteiger partial charge in [-0.05, 0) is 12.1 Å². The number of carbonyl (C=O) groups excluding carboxylic acids is 2. The fourth-order valence-electron chi connectivity index (χ4n) is 2.20. The lowest BCUT2D eigenvalue weighted by Gasteiger charge is -2.15. The van der Waals surface area contributed by atoms with Gasteiger partial charge in [0.25, 0.3) is 5.91 Å². The number of esters is 1. The van der Waals surface area contributed by atoms with E-state index in [-0.39, 0.29) is 36.9 Å². The average molecular weight is 300 g/mol. The largest absolute Gasteiger partial charge is 0.466 e. The number of carbonyl (C=O) groups is 2. The molecule has 0 aliphatic carbocycles. The molecule has 0 aromatic heterocycles. The van der Waals surface area contributed by atoms with E-state index < -0.39 is 5.97 Å². The Kier molecular flexibility index (Phi) is 4.81. The third-order valence-corrected chi connectivity index (χ3v) is 3.30. The van der Waals surface area contributed by atoms with Gasteiger partial charge in [-0.25, -0.2) is 4.79 Å². The van der Waals surface area contributed by atoms with E-state index in [2.05, 4.69) is 11.2 Å². The first-order valence-electron chi connectivity index (χ1n) is 6.66. The van der Waals surface area contributed by atoms with Crippen molar-refractivity contribution in [2.75, 3.05) is 32.1 Å². The lowest BCUT2D eigenvalue weighted by atomic mass is 10.1. The Morgan fingerprint density at radius 3 is 2.86 bits per heavy atom. The highest BCUT2D eigenvalue weighted by Crippen LogP contribution is 2.24. The minimum absolute atomic E-state index is 0.0899. The predicted octanol–water partition coefficient (Wildman–Crippen LogP) is 0.341. The molecule has 1 aliphatic heterocycles. The van der Waals surface area contributed by atoms with Crippen LogP contribution in [0.15, 0.2) is 35.5 Å². The highest BCUT2D eigenvalue weighted by Gasteiger charge is 2.34. The fraction of sp³-hybridized carbons (Fsp3) is 0.250. The molecule has 2 N–H and O–H groups in total. The second kappa shape index (κ2) is 6.78. The highest BCUT2D eigenvalue weighted by atomic mass is 16.5. The van der Waals surface area contributed by atoms with Crippen molar-refractivity contribution in [3.8, 4) is 12.3 Å². The molecule has 1 heterocycles. The van der Waals surface area contributed by atoms with Crippen LogP contribution in [0.4, 0.5) is 5.69 Å². The number of nitrogens with zero attached hydrogens (tertiary/aromatic N) is 1. The zero-order valence-corrected chi connectivity index (χ0v) is 12.1. The number of aliphatic hydroxyl groups excluding tert-OH is 1. The van der Waals surface area contributed by atoms with Gasteiger partial charge in [0, 0.05) is 12.1 Å². The Hall–Kier alpha value is -2.78. The van der Waals surface area contributed by atoms with E-state index in [1.807, 2.05) is 0 Å². The van der Waals surface area contributed by atoms with Gasteiger partial charge in [-0.3, -0.25) is 4.79 Å². The maximum atomic E-state index is 12.4. The topological polar surface area (TPSA) is 78.9 Å². The van der Waals surface area contributed by atoms with Crippen LogP contribution in [0, 0.1) is 12.3 Å². The van der Waals surface area contributed by atoms with Crippen LogP contribution in [0.2, 0.25) is 0 Å². The Morgan fingerprint density at radius 1 is 1.50 bits per heavy atom. The quantitative estimate of drug-likeness (QED) is 0.605. The Morgan fingerprint density at radius 2 is 2.23 bits per heavy atom. The molecule has 22 heavy (non-hydrogen) atoms. The Bertz CT molecular complexity index is 673. The van der Waals surface area contributed by atoms with E-state index in [4.69, 9.17) is 16.3 Å². The van der Waals surface area contributed by atoms with Gasteiger partial charge in [0.1, 0.15) is 5.70 Å². The van der Waals surface area contributed by atoms with Gasteiger partial charge in [-0.2, -0.15) is 0 Å². The molecule has 114 valence electrons. The molecule has 0 unspecified atom stereocenters. The SMILES string of the molecule is C#Cc1ccccc1NC1=C(C(=O)OC)CN(CCO)C1=O. The van der Waals surface area contributed by atoms with Crippen LogP contribution in [0.25, 0.3) is 0 Å². The number of hydrogen-bond donors (Lipinski definition) is 2. The molecule has 1 aliphatic rings. The molecule has 0 saturated carbocycles. The number of methoxy groups -OCH3 is 1. The number of β-amino-alcohol motifs (C(OH)–C–C–N with tert-alkyl or cyclic N) is 1. The summed E-state index contributed by atoms with van der Waals surface area (Å²) < 4.78 is 4.71. The third-order valence-electron chi connectivity index (χ3n) is 3.30. The van der Waals surface area contributed by atoms with Crippen molar-refractivity contribution < 1.29 is 19.4 Å². The van der Waals surface area contributed by atoms with E-state index in [1.165, 1.54) is 12.0 Å². The van der Waals surface area contributed by atoms with Crippen LogP contribution in [0.5, 0.6) is 0 Å². The first-order chi connectivity index (χ1) is 10.6. The number of benzene rings is 1. The molecule has 0 saturated heterocycles. The number of anilines is 1. The summed E-state index contributed by atoms with van der Waals surface area (Å²) in [5, 5.41) is 11.9. The summed E-state index contributed by atoms with van der Waals surface area (Å²) in [6.07, 6.45) is 5.43. The summed E-state index contributed by atoms with van der Waals surface area (Å²) in [4.78, 5) is 25.6. The van der Waals surface area contributed by atoms with Crippen molar-refractivity contribution in [2.24, 2.45) is 0 Å². The maximum Gasteiger partial charge on any atom is 0.337 e. The zero-order chi connectivity index (χ0) is 16.1. The molecule has 1 amide bonds. The maximum absolute atomic E-state index is 12.4. The summed E-state index contributed by atoms with van der Waals surface area (Å²) in [7, 11) is 1.25. The van der Waals surface area contributed by atoms with Gasteiger partial charge < -0.3 is 20.1 Å². The standard InChI is InChI=1S/C16H16N2O4/c1-3-11-6-4-5-7-13(11)17-14-12(16(21)22-2)10-18(8-9-19)15(14)20/h1,4-7,17,19H,8-10H2,2H3. The zero-order valence-electron chi connectivity index (χ0n) is 12.1. The molecule has 6 nitrogen and oxygen atoms in total. The lowest BCUT2D eigenvalue weighted by molar-refractivity contribution is -0.136. The number of hydrogen-bond acceptors (Lipinski definition) is 5. The number of nitrogens with one attached hydrogen (secondary N) is 1. The fourth-order valence-corrected chi connectivity index (χ4v) is 2.20. The summed E-state index contributed by atoms with van der Waals surface area (Å²) in [6.45, 7) is 0.0440. The normalized spacial score (nSPS) is 14.0.